The van der Waals surface area contributed by atoms with Gasteiger partial charge in [-0.2, -0.15) is 0 Å². The number of carboxylic acid groups (broad SMARTS) is 1. The molecule has 9 heteroatoms. The zero-order valence-corrected chi connectivity index (χ0v) is 16.8. The molecular formula is C17H14BrNO5S2. The molecule has 1 fully saturated rings. The van der Waals surface area contributed by atoms with E-state index < -0.39 is 23.1 Å². The topological polar surface area (TPSA) is 84.9 Å². The van der Waals surface area contributed by atoms with Gasteiger partial charge in [-0.15, -0.1) is 10.5 Å². The Hall–Kier alpha value is -1.97. The molecule has 2 N–H and O–H groups in total. The number of hydrogen-bond acceptors (Lipinski definition) is 5. The van der Waals surface area contributed by atoms with Crippen LogP contribution in [0.4, 0.5) is 0 Å². The molecule has 2 aromatic rings. The van der Waals surface area contributed by atoms with Crippen LogP contribution in [0, 0.1) is 0 Å². The Morgan fingerprint density at radius 2 is 2.04 bits per heavy atom. The average molecular weight is 456 g/mol. The standard InChI is InChI=1S/C17H14BrNO5S2/c1-23-13-5-2-9-10(16(13)18)3-4-12(24-6-15(21)22)11(9)7-26-8-14(20)19-17(26)25/h2-5,7H,6,8H2,1H3,(H,21,22)(H,19,20,25). The third-order valence-electron chi connectivity index (χ3n) is 3.70. The van der Waals surface area contributed by atoms with Crippen LogP contribution in [-0.4, -0.2) is 46.1 Å². The van der Waals surface area contributed by atoms with Gasteiger partial charge in [0.05, 0.1) is 17.3 Å². The smallest absolute Gasteiger partial charge is 0.341 e. The summed E-state index contributed by atoms with van der Waals surface area (Å²) in [6, 6.07) is 7.22. The van der Waals surface area contributed by atoms with Crippen molar-refractivity contribution in [2.24, 2.45) is 0 Å². The maximum atomic E-state index is 11.6. The van der Waals surface area contributed by atoms with Crippen LogP contribution in [0.5, 0.6) is 11.5 Å². The SMILES string of the molecule is COc1ccc2c(/C=S3\CC(=O)NC3=S)c(OCC(=O)O)ccc2c1Br. The van der Waals surface area contributed by atoms with Crippen LogP contribution in [-0.2, 0) is 9.59 Å². The number of fused-ring (bicyclic) bond motifs is 1. The molecule has 1 aliphatic rings. The van der Waals surface area contributed by atoms with Gasteiger partial charge in [-0.05, 0) is 50.9 Å². The Morgan fingerprint density at radius 3 is 2.65 bits per heavy atom. The van der Waals surface area contributed by atoms with E-state index in [1.54, 1.807) is 13.2 Å². The predicted octanol–water partition coefficient (Wildman–Crippen LogP) is 2.91. The van der Waals surface area contributed by atoms with Gasteiger partial charge in [-0.25, -0.2) is 4.79 Å². The number of benzene rings is 2. The van der Waals surface area contributed by atoms with E-state index >= 15 is 0 Å². The van der Waals surface area contributed by atoms with Crippen molar-refractivity contribution in [1.82, 2.24) is 5.32 Å². The number of aliphatic carboxylic acids is 1. The van der Waals surface area contributed by atoms with Crippen molar-refractivity contribution < 1.29 is 24.2 Å². The predicted molar refractivity (Wildman–Crippen MR) is 110 cm³/mol. The lowest BCUT2D eigenvalue weighted by atomic mass is 10.0. The number of amides is 1. The molecule has 2 aromatic carbocycles. The Balaban J connectivity index is 2.20. The first-order valence-electron chi connectivity index (χ1n) is 7.43. The third-order valence-corrected chi connectivity index (χ3v) is 6.93. The number of hydrogen-bond donors (Lipinski definition) is 2. The van der Waals surface area contributed by atoms with Crippen LogP contribution in [0.3, 0.4) is 0 Å². The summed E-state index contributed by atoms with van der Waals surface area (Å²) in [4.78, 5) is 22.5. The summed E-state index contributed by atoms with van der Waals surface area (Å²) >= 11 is 8.77. The van der Waals surface area contributed by atoms with Crippen molar-refractivity contribution in [1.29, 1.82) is 0 Å². The Bertz CT molecular complexity index is 973. The molecule has 0 saturated carbocycles. The van der Waals surface area contributed by atoms with Crippen molar-refractivity contribution in [2.75, 3.05) is 19.5 Å². The van der Waals surface area contributed by atoms with Gasteiger partial charge in [-0.1, -0.05) is 12.2 Å². The summed E-state index contributed by atoms with van der Waals surface area (Å²) in [5, 5.41) is 15.2. The minimum Gasteiger partial charge on any atom is -0.496 e. The van der Waals surface area contributed by atoms with E-state index in [1.807, 2.05) is 23.6 Å². The lowest BCUT2D eigenvalue weighted by Crippen LogP contribution is -2.18. The quantitative estimate of drug-likeness (QED) is 0.674. The number of halogens is 1. The van der Waals surface area contributed by atoms with Gasteiger partial charge in [-0.3, -0.25) is 4.79 Å². The van der Waals surface area contributed by atoms with Crippen molar-refractivity contribution in [3.63, 3.8) is 0 Å². The molecule has 1 aliphatic heterocycles. The van der Waals surface area contributed by atoms with E-state index in [1.165, 1.54) is 0 Å². The van der Waals surface area contributed by atoms with Gasteiger partial charge >= 0.3 is 5.97 Å². The normalized spacial score (nSPS) is 16.8. The van der Waals surface area contributed by atoms with E-state index in [9.17, 15) is 9.59 Å². The molecular weight excluding hydrogens is 442 g/mol. The van der Waals surface area contributed by atoms with Gasteiger partial charge < -0.3 is 19.9 Å². The van der Waals surface area contributed by atoms with Crippen LogP contribution < -0.4 is 14.8 Å². The number of methoxy groups -OCH3 is 1. The highest BCUT2D eigenvalue weighted by molar-refractivity contribution is 9.10. The molecule has 1 amide bonds. The fourth-order valence-corrected chi connectivity index (χ4v) is 5.08. The highest BCUT2D eigenvalue weighted by atomic mass is 79.9. The molecule has 3 rings (SSSR count). The number of ether oxygens (including phenoxy) is 2. The van der Waals surface area contributed by atoms with Gasteiger partial charge in [0.2, 0.25) is 5.91 Å². The van der Waals surface area contributed by atoms with Crippen molar-refractivity contribution in [3.8, 4) is 11.5 Å². The van der Waals surface area contributed by atoms with Crippen LogP contribution in [0.25, 0.3) is 10.8 Å². The lowest BCUT2D eigenvalue weighted by molar-refractivity contribution is -0.139. The van der Waals surface area contributed by atoms with Crippen LogP contribution in [0.15, 0.2) is 28.7 Å². The zero-order valence-electron chi connectivity index (χ0n) is 13.6. The summed E-state index contributed by atoms with van der Waals surface area (Å²) in [5.41, 5.74) is 0.703. The molecule has 26 heavy (non-hydrogen) atoms. The number of carbonyl (C=O) groups excluding carboxylic acids is 1. The van der Waals surface area contributed by atoms with E-state index in [2.05, 4.69) is 21.2 Å². The molecule has 0 aliphatic carbocycles. The van der Waals surface area contributed by atoms with Crippen molar-refractivity contribution >= 4 is 71.0 Å². The lowest BCUT2D eigenvalue weighted by Gasteiger charge is -2.14. The Labute approximate surface area is 165 Å². The molecule has 1 saturated heterocycles. The molecule has 0 spiro atoms. The van der Waals surface area contributed by atoms with E-state index in [4.69, 9.17) is 26.8 Å². The number of thiocarbonyl (C=S) groups is 1. The summed E-state index contributed by atoms with van der Waals surface area (Å²) < 4.78 is 12.0. The highest BCUT2D eigenvalue weighted by Gasteiger charge is 2.21. The summed E-state index contributed by atoms with van der Waals surface area (Å²) in [6.45, 7) is -0.459. The minimum atomic E-state index is -1.07. The first-order chi connectivity index (χ1) is 12.4. The monoisotopic (exact) mass is 455 g/mol. The van der Waals surface area contributed by atoms with E-state index in [0.29, 0.717) is 21.4 Å². The molecule has 1 atom stereocenters. The first-order valence-corrected chi connectivity index (χ1v) is 10.1. The highest BCUT2D eigenvalue weighted by Crippen LogP contribution is 2.38. The summed E-state index contributed by atoms with van der Waals surface area (Å²) in [7, 11) is 1.01. The van der Waals surface area contributed by atoms with Gasteiger partial charge in [0, 0.05) is 10.9 Å². The Kier molecular flexibility index (Phi) is 5.59. The molecule has 136 valence electrons. The molecule has 0 radical (unpaired) electrons. The van der Waals surface area contributed by atoms with Crippen molar-refractivity contribution in [2.45, 2.75) is 0 Å². The number of carboxylic acids is 1. The number of carbonyl (C=O) groups is 2. The maximum absolute atomic E-state index is 11.6. The third kappa shape index (κ3) is 3.74. The van der Waals surface area contributed by atoms with Gasteiger partial charge in [0.1, 0.15) is 15.8 Å². The minimum absolute atomic E-state index is 0.120. The van der Waals surface area contributed by atoms with E-state index in [-0.39, 0.29) is 11.7 Å². The van der Waals surface area contributed by atoms with Crippen LogP contribution in [0.1, 0.15) is 5.56 Å². The van der Waals surface area contributed by atoms with Crippen LogP contribution in [0.2, 0.25) is 0 Å². The first kappa shape index (κ1) is 18.8. The fraction of sp³-hybridized carbons (Fsp3) is 0.176. The molecule has 0 bridgehead atoms. The number of nitrogens with one attached hydrogen (secondary N) is 1. The molecule has 6 nitrogen and oxygen atoms in total. The summed E-state index contributed by atoms with van der Waals surface area (Å²) in [6.07, 6.45) is 0. The molecule has 1 heterocycles. The second-order valence-corrected chi connectivity index (χ2v) is 8.61. The van der Waals surface area contributed by atoms with Crippen LogP contribution >= 0.6 is 38.6 Å². The average Bonchev–Trinajstić information content (AvgIpc) is 2.91. The second kappa shape index (κ2) is 7.73. The van der Waals surface area contributed by atoms with Gasteiger partial charge in [0.25, 0.3) is 0 Å². The second-order valence-electron chi connectivity index (χ2n) is 5.36. The van der Waals surface area contributed by atoms with E-state index in [0.717, 1.165) is 15.2 Å². The fourth-order valence-electron chi connectivity index (χ4n) is 2.56. The largest absolute Gasteiger partial charge is 0.496 e. The Morgan fingerprint density at radius 1 is 1.35 bits per heavy atom. The maximum Gasteiger partial charge on any atom is 0.341 e. The molecule has 1 unspecified atom stereocenters. The summed E-state index contributed by atoms with van der Waals surface area (Å²) in [5.74, 6) is 0.198. The zero-order chi connectivity index (χ0) is 18.8. The molecule has 0 aromatic heterocycles. The van der Waals surface area contributed by atoms with Gasteiger partial charge in [0.15, 0.2) is 6.61 Å². The number of rotatable bonds is 5. The van der Waals surface area contributed by atoms with Crippen molar-refractivity contribution in [3.05, 3.63) is 34.3 Å².